The molecule has 0 amide bonds. The van der Waals surface area contributed by atoms with E-state index in [1.807, 2.05) is 24.3 Å². The smallest absolute Gasteiger partial charge is 0.335 e. The Hall–Kier alpha value is -3.86. The summed E-state index contributed by atoms with van der Waals surface area (Å²) in [4.78, 5) is 26.6. The number of aromatic carboxylic acids is 1. The quantitative estimate of drug-likeness (QED) is 0.101. The third-order valence-electron chi connectivity index (χ3n) is 5.40. The van der Waals surface area contributed by atoms with Gasteiger partial charge in [0.2, 0.25) is 5.12 Å². The van der Waals surface area contributed by atoms with Gasteiger partial charge >= 0.3 is 11.9 Å². The molecule has 1 heterocycles. The van der Waals surface area contributed by atoms with Crippen LogP contribution in [-0.4, -0.2) is 56.2 Å². The van der Waals surface area contributed by atoms with Gasteiger partial charge in [0.05, 0.1) is 19.3 Å². The van der Waals surface area contributed by atoms with Crippen LogP contribution in [0.5, 0.6) is 11.5 Å². The maximum atomic E-state index is 11.2. The lowest BCUT2D eigenvalue weighted by Gasteiger charge is -2.21. The summed E-state index contributed by atoms with van der Waals surface area (Å²) in [6.45, 7) is 0.391. The molecule has 0 saturated heterocycles. The number of aliphatic hydroxyl groups is 2. The number of carboxylic acid groups (broad SMARTS) is 2. The number of hydrogen-bond donors (Lipinski definition) is 4. The number of rotatable bonds is 14. The van der Waals surface area contributed by atoms with E-state index < -0.39 is 17.1 Å². The maximum absolute atomic E-state index is 11.2. The number of unbranched alkanes of at least 4 members (excludes halogenated alkanes) is 1. The molecule has 0 fully saturated rings. The Morgan fingerprint density at radius 1 is 1.00 bits per heavy atom. The fourth-order valence-corrected chi connectivity index (χ4v) is 4.44. The average molecular weight is 540 g/mol. The van der Waals surface area contributed by atoms with Gasteiger partial charge in [-0.05, 0) is 84.6 Å². The first-order valence-electron chi connectivity index (χ1n) is 11.8. The molecule has 200 valence electrons. The molecule has 1 aromatic heterocycles. The number of aromatic nitrogens is 1. The molecule has 0 bridgehead atoms. The molecule has 0 unspecified atom stereocenters. The van der Waals surface area contributed by atoms with Crippen LogP contribution in [-0.2, 0) is 17.6 Å². The van der Waals surface area contributed by atoms with Gasteiger partial charge in [-0.25, -0.2) is 14.6 Å². The zero-order valence-electron chi connectivity index (χ0n) is 20.7. The van der Waals surface area contributed by atoms with Gasteiger partial charge in [-0.2, -0.15) is 0 Å². The van der Waals surface area contributed by atoms with Crippen molar-refractivity contribution in [3.05, 3.63) is 89.1 Å². The molecular weight excluding hydrogens is 510 g/mol. The van der Waals surface area contributed by atoms with Crippen molar-refractivity contribution in [2.45, 2.75) is 35.8 Å². The predicted molar refractivity (Wildman–Crippen MR) is 142 cm³/mol. The number of thioether (sulfide) groups is 1. The van der Waals surface area contributed by atoms with Crippen LogP contribution in [0.4, 0.5) is 0 Å². The molecular formula is C28H29NO8S. The second kappa shape index (κ2) is 13.6. The molecule has 0 atom stereocenters. The monoisotopic (exact) mass is 539 g/mol. The number of hydrogen-bond acceptors (Lipinski definition) is 8. The van der Waals surface area contributed by atoms with Crippen LogP contribution in [0, 0.1) is 0 Å². The molecule has 9 nitrogen and oxygen atoms in total. The van der Waals surface area contributed by atoms with Gasteiger partial charge in [0.1, 0.15) is 22.2 Å². The van der Waals surface area contributed by atoms with Crippen LogP contribution >= 0.6 is 11.8 Å². The minimum absolute atomic E-state index is 0.0352. The molecule has 0 aliphatic rings. The molecule has 2 aromatic carbocycles. The van der Waals surface area contributed by atoms with E-state index in [1.54, 1.807) is 25.3 Å². The zero-order valence-corrected chi connectivity index (χ0v) is 21.6. The summed E-state index contributed by atoms with van der Waals surface area (Å²) in [6.07, 6.45) is 4.47. The van der Waals surface area contributed by atoms with Gasteiger partial charge in [0, 0.05) is 12.5 Å². The first kappa shape index (κ1) is 28.7. The Labute approximate surface area is 224 Å². The third-order valence-corrected chi connectivity index (χ3v) is 6.30. The SMILES string of the molecule is COc1ccc(CCCCOc2ccc(SC(O)(O)Cc3cccc(C(=O)O)c3)nc2C=CC(=O)O)cc1. The fraction of sp³-hybridized carbons (Fsp3) is 0.250. The molecule has 3 aromatic rings. The van der Waals surface area contributed by atoms with Crippen LogP contribution < -0.4 is 9.47 Å². The summed E-state index contributed by atoms with van der Waals surface area (Å²) in [5.41, 5.74) is 1.87. The Morgan fingerprint density at radius 3 is 2.45 bits per heavy atom. The summed E-state index contributed by atoms with van der Waals surface area (Å²) >= 11 is 0.651. The highest BCUT2D eigenvalue weighted by Gasteiger charge is 2.27. The second-order valence-electron chi connectivity index (χ2n) is 8.39. The minimum atomic E-state index is -2.29. The lowest BCUT2D eigenvalue weighted by molar-refractivity contribution is -0.131. The van der Waals surface area contributed by atoms with E-state index in [1.165, 1.54) is 29.8 Å². The Morgan fingerprint density at radius 2 is 1.76 bits per heavy atom. The predicted octanol–water partition coefficient (Wildman–Crippen LogP) is 4.26. The molecule has 0 spiro atoms. The van der Waals surface area contributed by atoms with Gasteiger partial charge in [-0.1, -0.05) is 24.3 Å². The van der Waals surface area contributed by atoms with Crippen molar-refractivity contribution < 1.29 is 39.5 Å². The van der Waals surface area contributed by atoms with Gasteiger partial charge in [0.15, 0.2) is 0 Å². The molecule has 0 saturated carbocycles. The number of nitrogens with zero attached hydrogens (tertiary/aromatic N) is 1. The molecule has 10 heteroatoms. The highest BCUT2D eigenvalue weighted by atomic mass is 32.2. The molecule has 0 radical (unpaired) electrons. The molecule has 0 aliphatic carbocycles. The van der Waals surface area contributed by atoms with E-state index in [4.69, 9.17) is 19.7 Å². The Kier molecular flexibility index (Phi) is 10.3. The maximum Gasteiger partial charge on any atom is 0.335 e. The van der Waals surface area contributed by atoms with E-state index in [9.17, 15) is 19.8 Å². The molecule has 0 aliphatic heterocycles. The standard InChI is InChI=1S/C28H29NO8S/c1-36-22-10-8-19(9-11-22)5-2-3-16-37-24-13-14-25(29-23(24)12-15-26(30)31)38-28(34,35)18-20-6-4-7-21(17-20)27(32)33/h4,6-15,17,34-35H,2-3,5,16,18H2,1H3,(H,30,31)(H,32,33). The van der Waals surface area contributed by atoms with Gasteiger partial charge < -0.3 is 29.9 Å². The average Bonchev–Trinajstić information content (AvgIpc) is 2.88. The number of pyridine rings is 1. The number of aryl methyl sites for hydroxylation is 1. The van der Waals surface area contributed by atoms with E-state index in [2.05, 4.69) is 4.98 Å². The number of carboxylic acids is 2. The van der Waals surface area contributed by atoms with Gasteiger partial charge in [0.25, 0.3) is 0 Å². The summed E-state index contributed by atoms with van der Waals surface area (Å²) in [6, 6.07) is 16.9. The Balaban J connectivity index is 1.62. The largest absolute Gasteiger partial charge is 0.497 e. The van der Waals surface area contributed by atoms with Crippen molar-refractivity contribution in [1.29, 1.82) is 0 Å². The van der Waals surface area contributed by atoms with Crippen LogP contribution in [0.25, 0.3) is 6.08 Å². The van der Waals surface area contributed by atoms with Gasteiger partial charge in [-0.3, -0.25) is 0 Å². The Bertz CT molecular complexity index is 1270. The van der Waals surface area contributed by atoms with E-state index >= 15 is 0 Å². The lowest BCUT2D eigenvalue weighted by atomic mass is 10.1. The van der Waals surface area contributed by atoms with E-state index in [0.29, 0.717) is 29.7 Å². The van der Waals surface area contributed by atoms with Crippen molar-refractivity contribution in [3.8, 4) is 11.5 Å². The van der Waals surface area contributed by atoms with Crippen LogP contribution in [0.3, 0.4) is 0 Å². The van der Waals surface area contributed by atoms with Crippen molar-refractivity contribution in [1.82, 2.24) is 4.98 Å². The summed E-state index contributed by atoms with van der Waals surface area (Å²) in [5.74, 6) is -1.10. The fourth-order valence-electron chi connectivity index (χ4n) is 3.58. The third kappa shape index (κ3) is 9.22. The topological polar surface area (TPSA) is 146 Å². The van der Waals surface area contributed by atoms with Crippen molar-refractivity contribution >= 4 is 29.8 Å². The molecule has 4 N–H and O–H groups in total. The van der Waals surface area contributed by atoms with E-state index in [0.717, 1.165) is 31.1 Å². The highest BCUT2D eigenvalue weighted by Crippen LogP contribution is 2.33. The summed E-state index contributed by atoms with van der Waals surface area (Å²) in [5, 5.41) is 37.2. The van der Waals surface area contributed by atoms with Gasteiger partial charge in [-0.15, -0.1) is 0 Å². The van der Waals surface area contributed by atoms with Crippen molar-refractivity contribution in [2.24, 2.45) is 0 Å². The molecule has 3 rings (SSSR count). The zero-order chi connectivity index (χ0) is 27.5. The number of carbonyl (C=O) groups is 2. The highest BCUT2D eigenvalue weighted by molar-refractivity contribution is 8.00. The normalized spacial score (nSPS) is 11.4. The van der Waals surface area contributed by atoms with Crippen LogP contribution in [0.2, 0.25) is 0 Å². The number of ether oxygens (including phenoxy) is 2. The second-order valence-corrected chi connectivity index (χ2v) is 9.66. The van der Waals surface area contributed by atoms with Crippen molar-refractivity contribution in [3.63, 3.8) is 0 Å². The lowest BCUT2D eigenvalue weighted by Crippen LogP contribution is -2.26. The first-order chi connectivity index (χ1) is 18.1. The first-order valence-corrected chi connectivity index (χ1v) is 12.6. The number of benzene rings is 2. The summed E-state index contributed by atoms with van der Waals surface area (Å²) in [7, 11) is 1.62. The minimum Gasteiger partial charge on any atom is -0.497 e. The number of aliphatic carboxylic acids is 1. The van der Waals surface area contributed by atoms with E-state index in [-0.39, 0.29) is 22.7 Å². The van der Waals surface area contributed by atoms with Crippen LogP contribution in [0.1, 0.15) is 40.0 Å². The number of methoxy groups -OCH3 is 1. The van der Waals surface area contributed by atoms with Crippen molar-refractivity contribution in [2.75, 3.05) is 13.7 Å². The van der Waals surface area contributed by atoms with Crippen LogP contribution in [0.15, 0.2) is 71.8 Å². The molecule has 38 heavy (non-hydrogen) atoms. The summed E-state index contributed by atoms with van der Waals surface area (Å²) < 4.78 is 11.0.